The van der Waals surface area contributed by atoms with Crippen LogP contribution in [-0.2, 0) is 4.79 Å². The molecule has 0 bridgehead atoms. The number of hydrogen-bond acceptors (Lipinski definition) is 3. The minimum atomic E-state index is -0.485. The van der Waals surface area contributed by atoms with E-state index in [0.29, 0.717) is 0 Å². The fourth-order valence-electron chi connectivity index (χ4n) is 1.94. The number of rotatable bonds is 2. The van der Waals surface area contributed by atoms with E-state index in [4.69, 9.17) is 11.0 Å². The molecule has 0 radical (unpaired) electrons. The minimum absolute atomic E-state index is 0.0819. The van der Waals surface area contributed by atoms with Crippen molar-refractivity contribution >= 4 is 5.91 Å². The van der Waals surface area contributed by atoms with Crippen LogP contribution in [0.5, 0.6) is 0 Å². The molecule has 1 aliphatic rings. The molecule has 1 saturated heterocycles. The van der Waals surface area contributed by atoms with Gasteiger partial charge < -0.3 is 10.6 Å². The number of hydrogen-bond donors (Lipinski definition) is 1. The van der Waals surface area contributed by atoms with Crippen LogP contribution in [0.15, 0.2) is 0 Å². The zero-order chi connectivity index (χ0) is 11.6. The summed E-state index contributed by atoms with van der Waals surface area (Å²) in [6.07, 6.45) is 1.67. The molecule has 2 N–H and O–H groups in total. The highest BCUT2D eigenvalue weighted by molar-refractivity contribution is 5.83. The molecular formula is C11H19N3O. The fourth-order valence-corrected chi connectivity index (χ4v) is 1.94. The van der Waals surface area contributed by atoms with Crippen molar-refractivity contribution in [2.24, 2.45) is 11.7 Å². The van der Waals surface area contributed by atoms with Crippen molar-refractivity contribution in [3.63, 3.8) is 0 Å². The van der Waals surface area contributed by atoms with E-state index in [0.717, 1.165) is 12.8 Å². The first-order valence-corrected chi connectivity index (χ1v) is 5.46. The average molecular weight is 209 g/mol. The topological polar surface area (TPSA) is 70.1 Å². The molecule has 1 rings (SSSR count). The first kappa shape index (κ1) is 12.0. The van der Waals surface area contributed by atoms with E-state index in [1.165, 1.54) is 0 Å². The minimum Gasteiger partial charge on any atom is -0.323 e. The molecule has 0 unspecified atom stereocenters. The van der Waals surface area contributed by atoms with Gasteiger partial charge in [-0.05, 0) is 25.7 Å². The predicted molar refractivity (Wildman–Crippen MR) is 57.8 cm³/mol. The van der Waals surface area contributed by atoms with Crippen LogP contribution in [0.2, 0.25) is 0 Å². The van der Waals surface area contributed by atoms with Gasteiger partial charge >= 0.3 is 0 Å². The molecule has 0 aromatic rings. The molecule has 1 heterocycles. The SMILES string of the molecule is CC(C)[C@@H](N)C(=O)N1[C@H](C#N)CC[C@@H]1C. The van der Waals surface area contributed by atoms with E-state index >= 15 is 0 Å². The lowest BCUT2D eigenvalue weighted by Gasteiger charge is -2.28. The van der Waals surface area contributed by atoms with E-state index in [1.807, 2.05) is 20.8 Å². The number of carbonyl (C=O) groups is 1. The summed E-state index contributed by atoms with van der Waals surface area (Å²) in [5, 5.41) is 8.94. The Bertz CT molecular complexity index is 282. The van der Waals surface area contributed by atoms with Gasteiger partial charge in [0.15, 0.2) is 0 Å². The molecule has 0 aromatic carbocycles. The molecule has 1 amide bonds. The molecule has 0 saturated carbocycles. The van der Waals surface area contributed by atoms with Gasteiger partial charge in [0.1, 0.15) is 6.04 Å². The van der Waals surface area contributed by atoms with Crippen molar-refractivity contribution in [1.82, 2.24) is 4.90 Å². The number of nitrogens with zero attached hydrogens (tertiary/aromatic N) is 2. The highest BCUT2D eigenvalue weighted by Gasteiger charge is 2.37. The van der Waals surface area contributed by atoms with E-state index in [2.05, 4.69) is 6.07 Å². The predicted octanol–water partition coefficient (Wildman–Crippen LogP) is 0.873. The fraction of sp³-hybridized carbons (Fsp3) is 0.818. The quantitative estimate of drug-likeness (QED) is 0.733. The molecule has 0 aromatic heterocycles. The molecule has 3 atom stereocenters. The van der Waals surface area contributed by atoms with Gasteiger partial charge in [-0.15, -0.1) is 0 Å². The Morgan fingerprint density at radius 3 is 2.60 bits per heavy atom. The van der Waals surface area contributed by atoms with E-state index in [-0.39, 0.29) is 23.9 Å². The third-order valence-corrected chi connectivity index (χ3v) is 3.08. The summed E-state index contributed by atoms with van der Waals surface area (Å²) in [5.41, 5.74) is 5.82. The summed E-state index contributed by atoms with van der Waals surface area (Å²) in [6.45, 7) is 5.82. The summed E-state index contributed by atoms with van der Waals surface area (Å²) in [5.74, 6) is 0.0335. The second kappa shape index (κ2) is 4.63. The van der Waals surface area contributed by atoms with E-state index in [9.17, 15) is 4.79 Å². The molecule has 1 fully saturated rings. The van der Waals surface area contributed by atoms with Gasteiger partial charge in [-0.2, -0.15) is 5.26 Å². The van der Waals surface area contributed by atoms with Crippen molar-refractivity contribution in [1.29, 1.82) is 5.26 Å². The van der Waals surface area contributed by atoms with Crippen LogP contribution < -0.4 is 5.73 Å². The van der Waals surface area contributed by atoms with Gasteiger partial charge in [0.25, 0.3) is 0 Å². The van der Waals surface area contributed by atoms with E-state index < -0.39 is 6.04 Å². The Morgan fingerprint density at radius 2 is 2.13 bits per heavy atom. The third kappa shape index (κ3) is 2.29. The lowest BCUT2D eigenvalue weighted by molar-refractivity contribution is -0.135. The summed E-state index contributed by atoms with van der Waals surface area (Å²) in [6, 6.07) is 1.55. The van der Waals surface area contributed by atoms with Crippen molar-refractivity contribution in [3.05, 3.63) is 0 Å². The van der Waals surface area contributed by atoms with E-state index in [1.54, 1.807) is 4.90 Å². The van der Waals surface area contributed by atoms with Crippen LogP contribution in [0.3, 0.4) is 0 Å². The Morgan fingerprint density at radius 1 is 1.53 bits per heavy atom. The third-order valence-electron chi connectivity index (χ3n) is 3.08. The summed E-state index contributed by atoms with van der Waals surface area (Å²) in [4.78, 5) is 13.7. The Labute approximate surface area is 91.0 Å². The van der Waals surface area contributed by atoms with Crippen LogP contribution in [-0.4, -0.2) is 28.9 Å². The summed E-state index contributed by atoms with van der Waals surface area (Å²) >= 11 is 0. The van der Waals surface area contributed by atoms with Crippen LogP contribution in [0, 0.1) is 17.2 Å². The van der Waals surface area contributed by atoms with Gasteiger partial charge in [0.2, 0.25) is 5.91 Å². The second-order valence-corrected chi connectivity index (χ2v) is 4.59. The molecule has 4 nitrogen and oxygen atoms in total. The van der Waals surface area contributed by atoms with Gasteiger partial charge in [0, 0.05) is 6.04 Å². The number of carbonyl (C=O) groups excluding carboxylic acids is 1. The molecule has 15 heavy (non-hydrogen) atoms. The number of nitriles is 1. The van der Waals surface area contributed by atoms with Gasteiger partial charge in [-0.25, -0.2) is 0 Å². The largest absolute Gasteiger partial charge is 0.323 e. The molecule has 84 valence electrons. The van der Waals surface area contributed by atoms with Crippen LogP contribution in [0.4, 0.5) is 0 Å². The monoisotopic (exact) mass is 209 g/mol. The maximum absolute atomic E-state index is 12.0. The average Bonchev–Trinajstić information content (AvgIpc) is 2.57. The van der Waals surface area contributed by atoms with Crippen molar-refractivity contribution in [2.75, 3.05) is 0 Å². The Balaban J connectivity index is 2.78. The lowest BCUT2D eigenvalue weighted by atomic mass is 10.0. The van der Waals surface area contributed by atoms with Crippen LogP contribution in [0.25, 0.3) is 0 Å². The lowest BCUT2D eigenvalue weighted by Crippen LogP contribution is -2.50. The van der Waals surface area contributed by atoms with Gasteiger partial charge in [-0.3, -0.25) is 4.79 Å². The molecular weight excluding hydrogens is 190 g/mol. The first-order valence-electron chi connectivity index (χ1n) is 5.46. The zero-order valence-corrected chi connectivity index (χ0v) is 9.60. The normalized spacial score (nSPS) is 27.9. The zero-order valence-electron chi connectivity index (χ0n) is 9.60. The van der Waals surface area contributed by atoms with Crippen molar-refractivity contribution in [3.8, 4) is 6.07 Å². The first-order chi connectivity index (χ1) is 6.99. The number of amides is 1. The number of nitrogens with two attached hydrogens (primary N) is 1. The summed E-state index contributed by atoms with van der Waals surface area (Å²) in [7, 11) is 0. The van der Waals surface area contributed by atoms with Crippen LogP contribution in [0.1, 0.15) is 33.6 Å². The Hall–Kier alpha value is -1.08. The maximum atomic E-state index is 12.0. The Kier molecular flexibility index (Phi) is 3.70. The number of likely N-dealkylation sites (tertiary alicyclic amines) is 1. The smallest absolute Gasteiger partial charge is 0.241 e. The van der Waals surface area contributed by atoms with Gasteiger partial charge in [0.05, 0.1) is 12.1 Å². The molecule has 0 spiro atoms. The highest BCUT2D eigenvalue weighted by atomic mass is 16.2. The van der Waals surface area contributed by atoms with Crippen molar-refractivity contribution in [2.45, 2.75) is 51.7 Å². The summed E-state index contributed by atoms with van der Waals surface area (Å²) < 4.78 is 0. The van der Waals surface area contributed by atoms with Crippen molar-refractivity contribution < 1.29 is 4.79 Å². The maximum Gasteiger partial charge on any atom is 0.241 e. The highest BCUT2D eigenvalue weighted by Crippen LogP contribution is 2.24. The van der Waals surface area contributed by atoms with Crippen LogP contribution >= 0.6 is 0 Å². The molecule has 4 heteroatoms. The second-order valence-electron chi connectivity index (χ2n) is 4.59. The standard InChI is InChI=1S/C11H19N3O/c1-7(2)10(13)11(15)14-8(3)4-5-9(14)6-12/h7-10H,4-5,13H2,1-3H3/t8-,9-,10+/m0/s1. The molecule has 1 aliphatic heterocycles. The van der Waals surface area contributed by atoms with Gasteiger partial charge in [-0.1, -0.05) is 13.8 Å². The molecule has 0 aliphatic carbocycles.